The average Bonchev–Trinajstić information content (AvgIpc) is 2.81. The Hall–Kier alpha value is -0.980. The van der Waals surface area contributed by atoms with E-state index in [1.165, 1.54) is 16.9 Å². The molecule has 3 nitrogen and oxygen atoms in total. The third-order valence-electron chi connectivity index (χ3n) is 3.08. The molecule has 2 aromatic rings. The fraction of sp³-hybridized carbons (Fsp3) is 0.267. The van der Waals surface area contributed by atoms with Crippen LogP contribution in [-0.4, -0.2) is 12.0 Å². The van der Waals surface area contributed by atoms with Crippen LogP contribution < -0.4 is 11.1 Å². The smallest absolute Gasteiger partial charge is 0.174 e. The molecular formula is C15H17BrN2OS2. The summed E-state index contributed by atoms with van der Waals surface area (Å²) in [6, 6.07) is 8.07. The fourth-order valence-corrected chi connectivity index (χ4v) is 4.40. The Balaban J connectivity index is 2.24. The summed E-state index contributed by atoms with van der Waals surface area (Å²) in [7, 11) is 0. The van der Waals surface area contributed by atoms with Gasteiger partial charge >= 0.3 is 0 Å². The molecule has 3 N–H and O–H groups in total. The van der Waals surface area contributed by atoms with Crippen molar-refractivity contribution in [3.05, 3.63) is 39.2 Å². The first kappa shape index (κ1) is 16.4. The Morgan fingerprint density at radius 3 is 2.76 bits per heavy atom. The summed E-state index contributed by atoms with van der Waals surface area (Å²) in [4.78, 5) is 13.6. The van der Waals surface area contributed by atoms with Crippen molar-refractivity contribution in [2.75, 3.05) is 17.3 Å². The first-order valence-corrected chi connectivity index (χ1v) is 9.38. The van der Waals surface area contributed by atoms with Crippen LogP contribution >= 0.6 is 39.0 Å². The summed E-state index contributed by atoms with van der Waals surface area (Å²) in [5.74, 6) is 0.0988. The Morgan fingerprint density at radius 2 is 2.14 bits per heavy atom. The SMILES string of the molecule is CCC(=O)c1sc(NCc2ccccc2Br)c(SC)c1N. The molecule has 0 aliphatic heterocycles. The highest BCUT2D eigenvalue weighted by Crippen LogP contribution is 2.42. The van der Waals surface area contributed by atoms with E-state index in [9.17, 15) is 4.79 Å². The molecule has 21 heavy (non-hydrogen) atoms. The number of hydrogen-bond acceptors (Lipinski definition) is 5. The van der Waals surface area contributed by atoms with Crippen LogP contribution in [0.15, 0.2) is 33.6 Å². The van der Waals surface area contributed by atoms with Crippen molar-refractivity contribution >= 4 is 55.5 Å². The minimum absolute atomic E-state index is 0.0988. The van der Waals surface area contributed by atoms with Gasteiger partial charge in [-0.1, -0.05) is 41.1 Å². The maximum atomic E-state index is 11.9. The predicted octanol–water partition coefficient (Wildman–Crippen LogP) is 5.02. The van der Waals surface area contributed by atoms with Crippen molar-refractivity contribution in [3.63, 3.8) is 0 Å². The lowest BCUT2D eigenvalue weighted by Crippen LogP contribution is -1.99. The zero-order valence-corrected chi connectivity index (χ0v) is 15.1. The van der Waals surface area contributed by atoms with Crippen LogP contribution in [-0.2, 0) is 6.54 Å². The van der Waals surface area contributed by atoms with E-state index in [1.54, 1.807) is 11.8 Å². The molecule has 0 atom stereocenters. The number of nitrogen functional groups attached to an aromatic ring is 1. The highest BCUT2D eigenvalue weighted by molar-refractivity contribution is 9.10. The lowest BCUT2D eigenvalue weighted by Gasteiger charge is -2.08. The van der Waals surface area contributed by atoms with Gasteiger partial charge in [-0.05, 0) is 17.9 Å². The van der Waals surface area contributed by atoms with Gasteiger partial charge in [0, 0.05) is 17.4 Å². The van der Waals surface area contributed by atoms with Crippen LogP contribution in [0.4, 0.5) is 10.7 Å². The molecule has 0 saturated carbocycles. The number of thioether (sulfide) groups is 1. The molecule has 0 amide bonds. The molecule has 0 spiro atoms. The summed E-state index contributed by atoms with van der Waals surface area (Å²) in [5.41, 5.74) is 7.88. The normalized spacial score (nSPS) is 10.6. The summed E-state index contributed by atoms with van der Waals surface area (Å²) in [6.45, 7) is 2.54. The van der Waals surface area contributed by atoms with Crippen LogP contribution in [0.5, 0.6) is 0 Å². The fourth-order valence-electron chi connectivity index (χ4n) is 1.93. The van der Waals surface area contributed by atoms with Crippen molar-refractivity contribution in [2.24, 2.45) is 0 Å². The van der Waals surface area contributed by atoms with Crippen LogP contribution in [0.3, 0.4) is 0 Å². The second-order valence-corrected chi connectivity index (χ2v) is 7.12. The zero-order chi connectivity index (χ0) is 15.4. The van der Waals surface area contributed by atoms with E-state index in [-0.39, 0.29) is 5.78 Å². The molecule has 1 aromatic carbocycles. The minimum Gasteiger partial charge on any atom is -0.396 e. The lowest BCUT2D eigenvalue weighted by molar-refractivity contribution is 0.0992. The second-order valence-electron chi connectivity index (χ2n) is 4.43. The molecule has 1 heterocycles. The number of anilines is 2. The molecule has 0 aliphatic rings. The average molecular weight is 385 g/mol. The number of ketones is 1. The summed E-state index contributed by atoms with van der Waals surface area (Å²) >= 11 is 6.55. The van der Waals surface area contributed by atoms with E-state index in [0.717, 1.165) is 14.4 Å². The predicted molar refractivity (Wildman–Crippen MR) is 96.6 cm³/mol. The van der Waals surface area contributed by atoms with Gasteiger partial charge in [-0.3, -0.25) is 4.79 Å². The largest absolute Gasteiger partial charge is 0.396 e. The summed E-state index contributed by atoms with van der Waals surface area (Å²) < 4.78 is 1.07. The topological polar surface area (TPSA) is 55.1 Å². The first-order valence-electron chi connectivity index (χ1n) is 6.55. The number of hydrogen-bond donors (Lipinski definition) is 2. The first-order chi connectivity index (χ1) is 10.1. The third kappa shape index (κ3) is 3.62. The maximum absolute atomic E-state index is 11.9. The quantitative estimate of drug-likeness (QED) is 0.542. The van der Waals surface area contributed by atoms with E-state index in [4.69, 9.17) is 5.73 Å². The van der Waals surface area contributed by atoms with Crippen molar-refractivity contribution in [2.45, 2.75) is 24.8 Å². The number of nitrogens with one attached hydrogen (secondary N) is 1. The molecule has 2 rings (SSSR count). The number of carbonyl (C=O) groups is 1. The van der Waals surface area contributed by atoms with E-state index in [1.807, 2.05) is 31.4 Å². The number of halogens is 1. The van der Waals surface area contributed by atoms with E-state index >= 15 is 0 Å². The van der Waals surface area contributed by atoms with Gasteiger partial charge in [0.25, 0.3) is 0 Å². The van der Waals surface area contributed by atoms with Gasteiger partial charge in [-0.25, -0.2) is 0 Å². The van der Waals surface area contributed by atoms with Gasteiger partial charge in [-0.2, -0.15) is 0 Å². The summed E-state index contributed by atoms with van der Waals surface area (Å²) in [6.07, 6.45) is 2.45. The molecule has 112 valence electrons. The number of thiophene rings is 1. The molecule has 0 bridgehead atoms. The molecule has 0 fully saturated rings. The Labute approximate surface area is 141 Å². The second kappa shape index (κ2) is 7.33. The summed E-state index contributed by atoms with van der Waals surface area (Å²) in [5, 5.41) is 4.36. The standard InChI is InChI=1S/C15H17BrN2OS2/c1-3-11(19)13-12(17)14(20-2)15(21-13)18-8-9-6-4-5-7-10(9)16/h4-7,18H,3,8,17H2,1-2H3. The van der Waals surface area contributed by atoms with E-state index in [0.29, 0.717) is 23.5 Å². The van der Waals surface area contributed by atoms with E-state index < -0.39 is 0 Å². The number of carbonyl (C=O) groups excluding carboxylic acids is 1. The number of benzene rings is 1. The minimum atomic E-state index is 0.0988. The number of Topliss-reactive ketones (excluding diaryl/α,β-unsaturated/α-hetero) is 1. The van der Waals surface area contributed by atoms with E-state index in [2.05, 4.69) is 27.3 Å². The van der Waals surface area contributed by atoms with Crippen LogP contribution in [0, 0.1) is 0 Å². The van der Waals surface area contributed by atoms with Crippen molar-refractivity contribution in [1.29, 1.82) is 0 Å². The molecule has 0 aliphatic carbocycles. The highest BCUT2D eigenvalue weighted by atomic mass is 79.9. The van der Waals surface area contributed by atoms with Gasteiger partial charge in [0.15, 0.2) is 5.78 Å². The van der Waals surface area contributed by atoms with Gasteiger partial charge in [0.2, 0.25) is 0 Å². The number of nitrogens with two attached hydrogens (primary N) is 1. The molecule has 6 heteroatoms. The molecule has 0 unspecified atom stereocenters. The van der Waals surface area contributed by atoms with Crippen LogP contribution in [0.2, 0.25) is 0 Å². The third-order valence-corrected chi connectivity index (χ3v) is 6.01. The molecule has 1 aromatic heterocycles. The lowest BCUT2D eigenvalue weighted by atomic mass is 10.2. The van der Waals surface area contributed by atoms with Gasteiger partial charge in [0.05, 0.1) is 15.5 Å². The van der Waals surface area contributed by atoms with Crippen molar-refractivity contribution in [1.82, 2.24) is 0 Å². The van der Waals surface area contributed by atoms with Crippen molar-refractivity contribution in [3.8, 4) is 0 Å². The van der Waals surface area contributed by atoms with Crippen LogP contribution in [0.1, 0.15) is 28.6 Å². The van der Waals surface area contributed by atoms with Gasteiger partial charge in [0.1, 0.15) is 5.00 Å². The van der Waals surface area contributed by atoms with Crippen molar-refractivity contribution < 1.29 is 4.79 Å². The number of rotatable bonds is 6. The van der Waals surface area contributed by atoms with Gasteiger partial charge in [-0.15, -0.1) is 23.1 Å². The highest BCUT2D eigenvalue weighted by Gasteiger charge is 2.19. The molecule has 0 radical (unpaired) electrons. The Morgan fingerprint density at radius 1 is 1.43 bits per heavy atom. The monoisotopic (exact) mass is 384 g/mol. The molecule has 0 saturated heterocycles. The molecular weight excluding hydrogens is 368 g/mol. The Bertz CT molecular complexity index is 655. The Kier molecular flexibility index (Phi) is 5.72. The van der Waals surface area contributed by atoms with Crippen LogP contribution in [0.25, 0.3) is 0 Å². The zero-order valence-electron chi connectivity index (χ0n) is 11.9. The maximum Gasteiger partial charge on any atom is 0.174 e. The van der Waals surface area contributed by atoms with Gasteiger partial charge < -0.3 is 11.1 Å².